The molecule has 3 N–H and O–H groups in total. The van der Waals surface area contributed by atoms with Crippen molar-refractivity contribution < 1.29 is 29.7 Å². The third-order valence-electron chi connectivity index (χ3n) is 1.35. The maximum Gasteiger partial charge on any atom is 4.00 e. The van der Waals surface area contributed by atoms with E-state index in [1.165, 1.54) is 21.1 Å². The number of hydrogen-bond acceptors (Lipinski definition) is 0. The van der Waals surface area contributed by atoms with E-state index in [9.17, 15) is 3.50 Å². The van der Waals surface area contributed by atoms with Crippen LogP contribution in [-0.4, -0.2) is 34.9 Å². The molecule has 0 saturated heterocycles. The van der Waals surface area contributed by atoms with Crippen LogP contribution in [0.5, 0.6) is 0 Å². The minimum Gasteiger partial charge on any atom is 4.00 e. The van der Waals surface area contributed by atoms with Crippen molar-refractivity contribution >= 4 is 18.1 Å². The Labute approximate surface area is 121 Å². The normalized spacial score (nSPS) is 7.81. The van der Waals surface area contributed by atoms with E-state index in [-0.39, 0.29) is 26.2 Å². The van der Waals surface area contributed by atoms with E-state index in [1.54, 1.807) is 11.5 Å². The molecular formula is C10H22FGeN3Zr. The summed E-state index contributed by atoms with van der Waals surface area (Å²) in [6.45, 7) is 0. The van der Waals surface area contributed by atoms with E-state index >= 15 is 0 Å². The van der Waals surface area contributed by atoms with Crippen molar-refractivity contribution in [3.05, 3.63) is 41.5 Å². The van der Waals surface area contributed by atoms with Gasteiger partial charge in [0.05, 0.1) is 0 Å². The van der Waals surface area contributed by atoms with Gasteiger partial charge in [0, 0.05) is 0 Å². The molecular weight excluding hydrogens is 345 g/mol. The molecule has 0 aliphatic heterocycles. The van der Waals surface area contributed by atoms with Crippen LogP contribution in [0.4, 0.5) is 3.50 Å². The molecule has 1 rings (SSSR count). The molecule has 0 atom stereocenters. The first kappa shape index (κ1) is 25.4. The number of hydrogen-bond donors (Lipinski definition) is 0. The van der Waals surface area contributed by atoms with Gasteiger partial charge in [0.2, 0.25) is 0 Å². The quantitative estimate of drug-likeness (QED) is 0.535. The van der Waals surface area contributed by atoms with E-state index in [0.717, 1.165) is 4.40 Å². The van der Waals surface area contributed by atoms with E-state index in [1.807, 2.05) is 24.3 Å². The Morgan fingerprint density at radius 3 is 1.25 bits per heavy atom. The van der Waals surface area contributed by atoms with Crippen molar-refractivity contribution in [2.24, 2.45) is 0 Å². The molecule has 0 amide bonds. The Hall–Kier alpha value is 0.586. The Bertz CT molecular complexity index is 188. The average molecular weight is 367 g/mol. The Balaban J connectivity index is -0.0000000900. The van der Waals surface area contributed by atoms with Gasteiger partial charge in [0.15, 0.2) is 0 Å². The maximum atomic E-state index is 13.1. The standard InChI is InChI=1S/C7H10FGe.3CH4N.Zr/c1-9(2,8)7-5-3-4-6-7;3*1-2;/h3-6H,1-2H3;3*2H,1H3;/q4*-1;+4. The molecule has 3 nitrogen and oxygen atoms in total. The van der Waals surface area contributed by atoms with E-state index in [4.69, 9.17) is 17.2 Å². The first-order chi connectivity index (χ1) is 7.11. The predicted octanol–water partition coefficient (Wildman–Crippen LogP) is 3.79. The van der Waals surface area contributed by atoms with Crippen LogP contribution in [0.3, 0.4) is 0 Å². The molecule has 0 aromatic heterocycles. The monoisotopic (exact) mass is 367 g/mol. The Morgan fingerprint density at radius 2 is 1.12 bits per heavy atom. The number of rotatable bonds is 1. The largest absolute Gasteiger partial charge is 4.00 e. The van der Waals surface area contributed by atoms with Gasteiger partial charge in [0.25, 0.3) is 0 Å². The fraction of sp³-hybridized carbons (Fsp3) is 0.500. The second kappa shape index (κ2) is 18.0. The molecule has 1 aromatic carbocycles. The fourth-order valence-corrected chi connectivity index (χ4v) is 2.84. The minimum atomic E-state index is -2.94. The average Bonchev–Trinajstić information content (AvgIpc) is 2.79. The van der Waals surface area contributed by atoms with Gasteiger partial charge in [0.1, 0.15) is 0 Å². The first-order valence-corrected chi connectivity index (χ1v) is 10.6. The minimum absolute atomic E-state index is 0. The Morgan fingerprint density at radius 1 is 0.875 bits per heavy atom. The predicted molar refractivity (Wildman–Crippen MR) is 71.0 cm³/mol. The van der Waals surface area contributed by atoms with Crippen LogP contribution in [0.2, 0.25) is 11.5 Å². The topological polar surface area (TPSA) is 71.4 Å². The van der Waals surface area contributed by atoms with E-state index in [2.05, 4.69) is 0 Å². The van der Waals surface area contributed by atoms with E-state index in [0.29, 0.717) is 0 Å². The van der Waals surface area contributed by atoms with Crippen molar-refractivity contribution in [3.63, 3.8) is 0 Å². The van der Waals surface area contributed by atoms with Crippen molar-refractivity contribution in [3.8, 4) is 0 Å². The summed E-state index contributed by atoms with van der Waals surface area (Å²) in [7, 11) is 3.75. The van der Waals surface area contributed by atoms with Crippen molar-refractivity contribution in [1.29, 1.82) is 0 Å². The van der Waals surface area contributed by atoms with Crippen LogP contribution in [0.15, 0.2) is 24.3 Å². The molecule has 0 unspecified atom stereocenters. The molecule has 0 spiro atoms. The van der Waals surface area contributed by atoms with Crippen LogP contribution in [0, 0.1) is 0 Å². The van der Waals surface area contributed by atoms with Crippen molar-refractivity contribution in [2.45, 2.75) is 11.5 Å². The molecule has 92 valence electrons. The molecule has 0 bridgehead atoms. The molecule has 0 heterocycles. The Kier molecular flexibility index (Phi) is 28.6. The smallest absolute Gasteiger partial charge is 4.00 e. The van der Waals surface area contributed by atoms with Crippen LogP contribution in [-0.2, 0) is 26.2 Å². The summed E-state index contributed by atoms with van der Waals surface area (Å²) in [6.07, 6.45) is 0. The summed E-state index contributed by atoms with van der Waals surface area (Å²) < 4.78 is 14.1. The summed E-state index contributed by atoms with van der Waals surface area (Å²) in [6, 6.07) is 7.53. The number of halogens is 1. The van der Waals surface area contributed by atoms with Gasteiger partial charge >= 0.3 is 83.6 Å². The summed E-state index contributed by atoms with van der Waals surface area (Å²) >= 11 is -2.94. The third-order valence-corrected chi connectivity index (χ3v) is 4.93. The molecule has 1 aromatic rings. The summed E-state index contributed by atoms with van der Waals surface area (Å²) in [5, 5.41) is 0. The summed E-state index contributed by atoms with van der Waals surface area (Å²) in [5.74, 6) is 3.49. The second-order valence-corrected chi connectivity index (χ2v) is 10.0. The van der Waals surface area contributed by atoms with Crippen LogP contribution >= 0.6 is 0 Å². The van der Waals surface area contributed by atoms with Crippen LogP contribution in [0.1, 0.15) is 0 Å². The molecule has 0 fully saturated rings. The molecule has 0 aliphatic rings. The molecule has 16 heavy (non-hydrogen) atoms. The van der Waals surface area contributed by atoms with Gasteiger partial charge in [-0.05, 0) is 0 Å². The summed E-state index contributed by atoms with van der Waals surface area (Å²) in [4.78, 5) is 0. The fourth-order valence-electron chi connectivity index (χ4n) is 0.770. The van der Waals surface area contributed by atoms with Gasteiger partial charge in [-0.2, -0.15) is 21.1 Å². The second-order valence-electron chi connectivity index (χ2n) is 2.65. The molecule has 0 aliphatic carbocycles. The zero-order valence-corrected chi connectivity index (χ0v) is 15.2. The zero-order valence-electron chi connectivity index (χ0n) is 10.7. The summed E-state index contributed by atoms with van der Waals surface area (Å²) in [5.41, 5.74) is 17.2. The van der Waals surface area contributed by atoms with E-state index < -0.39 is 13.7 Å². The third kappa shape index (κ3) is 14.6. The first-order valence-electron chi connectivity index (χ1n) is 4.52. The zero-order chi connectivity index (χ0) is 12.9. The molecule has 0 radical (unpaired) electrons. The van der Waals surface area contributed by atoms with Crippen LogP contribution < -0.4 is 4.40 Å². The van der Waals surface area contributed by atoms with Gasteiger partial charge in [-0.25, -0.2) is 0 Å². The van der Waals surface area contributed by atoms with Crippen molar-refractivity contribution in [2.75, 3.05) is 21.1 Å². The van der Waals surface area contributed by atoms with Gasteiger partial charge in [-0.3, -0.25) is 0 Å². The van der Waals surface area contributed by atoms with Gasteiger partial charge < -0.3 is 17.2 Å². The molecule has 0 saturated carbocycles. The van der Waals surface area contributed by atoms with Gasteiger partial charge in [-0.1, -0.05) is 0 Å². The van der Waals surface area contributed by atoms with Gasteiger partial charge in [-0.15, -0.1) is 0 Å². The SMILES string of the molecule is C[NH-].C[NH-].C[NH-].[CH3][Ge]([CH3])([F])[c-]1cccc1.[Zr+4]. The molecule has 6 heteroatoms. The van der Waals surface area contributed by atoms with Crippen LogP contribution in [0.25, 0.3) is 17.2 Å². The number of nitrogens with one attached hydrogen (secondary N) is 3. The maximum absolute atomic E-state index is 13.1. The van der Waals surface area contributed by atoms with Crippen molar-refractivity contribution in [1.82, 2.24) is 0 Å².